The van der Waals surface area contributed by atoms with Crippen LogP contribution in [-0.4, -0.2) is 48.4 Å². The third-order valence-corrected chi connectivity index (χ3v) is 4.94. The third-order valence-electron chi connectivity index (χ3n) is 4.94. The van der Waals surface area contributed by atoms with Crippen LogP contribution in [0.2, 0.25) is 0 Å². The van der Waals surface area contributed by atoms with Gasteiger partial charge in [-0.3, -0.25) is 24.7 Å². The zero-order chi connectivity index (χ0) is 18.7. The minimum Gasteiger partial charge on any atom is -0.494 e. The molecule has 0 aliphatic carbocycles. The maximum atomic E-state index is 12.9. The Morgan fingerprint density at radius 2 is 2.04 bits per heavy atom. The van der Waals surface area contributed by atoms with Crippen LogP contribution in [-0.2, 0) is 14.4 Å². The number of hydrazine groups is 1. The van der Waals surface area contributed by atoms with Crippen molar-refractivity contribution in [1.29, 1.82) is 0 Å². The molecule has 8 heteroatoms. The smallest absolute Gasteiger partial charge is 0.251 e. The molecule has 2 atom stereocenters. The third kappa shape index (κ3) is 3.56. The van der Waals surface area contributed by atoms with Crippen LogP contribution in [0.1, 0.15) is 26.2 Å². The van der Waals surface area contributed by atoms with Gasteiger partial charge in [-0.05, 0) is 50.6 Å². The number of hydrogen-bond donors (Lipinski definition) is 2. The highest BCUT2D eigenvalue weighted by Crippen LogP contribution is 2.29. The minimum absolute atomic E-state index is 0.128. The van der Waals surface area contributed by atoms with Gasteiger partial charge in [-0.25, -0.2) is 10.7 Å². The average Bonchev–Trinajstić information content (AvgIpc) is 2.96. The van der Waals surface area contributed by atoms with E-state index in [0.29, 0.717) is 31.1 Å². The molecule has 0 aromatic heterocycles. The maximum absolute atomic E-state index is 12.9. The van der Waals surface area contributed by atoms with E-state index in [0.717, 1.165) is 12.8 Å². The Hall–Kier alpha value is -2.45. The van der Waals surface area contributed by atoms with Gasteiger partial charge in [0.25, 0.3) is 5.91 Å². The van der Waals surface area contributed by atoms with E-state index in [1.807, 2.05) is 11.8 Å². The van der Waals surface area contributed by atoms with Crippen molar-refractivity contribution in [2.75, 3.05) is 24.6 Å². The van der Waals surface area contributed by atoms with Gasteiger partial charge in [0.15, 0.2) is 0 Å². The van der Waals surface area contributed by atoms with E-state index in [2.05, 4.69) is 5.43 Å². The summed E-state index contributed by atoms with van der Waals surface area (Å²) in [4.78, 5) is 40.3. The number of amides is 3. The lowest BCUT2D eigenvalue weighted by atomic mass is 9.95. The van der Waals surface area contributed by atoms with Crippen molar-refractivity contribution in [3.05, 3.63) is 24.3 Å². The van der Waals surface area contributed by atoms with Crippen molar-refractivity contribution in [2.24, 2.45) is 11.8 Å². The van der Waals surface area contributed by atoms with Gasteiger partial charge in [-0.15, -0.1) is 0 Å². The fourth-order valence-electron chi connectivity index (χ4n) is 3.65. The minimum atomic E-state index is -0.526. The molecule has 2 saturated heterocycles. The number of nitrogens with two attached hydrogens (primary N) is 1. The number of nitrogens with one attached hydrogen (secondary N) is 1. The van der Waals surface area contributed by atoms with E-state index in [9.17, 15) is 14.4 Å². The Bertz CT molecular complexity index is 691. The maximum Gasteiger partial charge on any atom is 0.251 e. The molecular formula is C18H24N4O4. The number of likely N-dealkylation sites (tertiary alicyclic amines) is 1. The van der Waals surface area contributed by atoms with E-state index < -0.39 is 6.04 Å². The van der Waals surface area contributed by atoms with Crippen molar-refractivity contribution in [3.8, 4) is 5.75 Å². The quantitative estimate of drug-likeness (QED) is 0.341. The molecule has 0 radical (unpaired) electrons. The van der Waals surface area contributed by atoms with Gasteiger partial charge in [-0.1, -0.05) is 0 Å². The van der Waals surface area contributed by atoms with Crippen LogP contribution >= 0.6 is 0 Å². The number of carbonyl (C=O) groups excluding carboxylic acids is 3. The van der Waals surface area contributed by atoms with E-state index in [4.69, 9.17) is 10.6 Å². The Kier molecular flexibility index (Phi) is 5.53. The molecule has 2 aliphatic rings. The van der Waals surface area contributed by atoms with E-state index in [1.165, 1.54) is 4.90 Å². The molecule has 26 heavy (non-hydrogen) atoms. The van der Waals surface area contributed by atoms with Crippen LogP contribution in [0, 0.1) is 5.92 Å². The summed E-state index contributed by atoms with van der Waals surface area (Å²) >= 11 is 0. The largest absolute Gasteiger partial charge is 0.494 e. The molecular weight excluding hydrogens is 336 g/mol. The molecule has 1 aromatic carbocycles. The summed E-state index contributed by atoms with van der Waals surface area (Å²) in [5, 5.41) is 0. The highest BCUT2D eigenvalue weighted by atomic mass is 16.5. The van der Waals surface area contributed by atoms with Gasteiger partial charge in [-0.2, -0.15) is 0 Å². The molecule has 1 aromatic rings. The summed E-state index contributed by atoms with van der Waals surface area (Å²) in [5.74, 6) is 4.97. The first-order valence-electron chi connectivity index (χ1n) is 8.89. The number of rotatable bonds is 5. The zero-order valence-corrected chi connectivity index (χ0v) is 14.8. The lowest BCUT2D eigenvalue weighted by Crippen LogP contribution is -2.50. The Morgan fingerprint density at radius 3 is 2.69 bits per heavy atom. The molecule has 3 amide bonds. The van der Waals surface area contributed by atoms with Crippen LogP contribution in [0.3, 0.4) is 0 Å². The molecule has 3 rings (SSSR count). The van der Waals surface area contributed by atoms with E-state index in [1.54, 1.807) is 24.3 Å². The second-order valence-corrected chi connectivity index (χ2v) is 6.56. The molecule has 3 N–H and O–H groups in total. The molecule has 2 heterocycles. The Balaban J connectivity index is 1.73. The van der Waals surface area contributed by atoms with Gasteiger partial charge < -0.3 is 4.74 Å². The van der Waals surface area contributed by atoms with Crippen molar-refractivity contribution >= 4 is 23.4 Å². The van der Waals surface area contributed by atoms with Gasteiger partial charge in [0.05, 0.1) is 30.7 Å². The molecule has 2 aliphatic heterocycles. The van der Waals surface area contributed by atoms with Crippen LogP contribution in [0.15, 0.2) is 24.3 Å². The molecule has 2 unspecified atom stereocenters. The summed E-state index contributed by atoms with van der Waals surface area (Å²) in [6.07, 6.45) is 1.65. The van der Waals surface area contributed by atoms with Crippen LogP contribution in [0.5, 0.6) is 5.75 Å². The van der Waals surface area contributed by atoms with E-state index in [-0.39, 0.29) is 30.1 Å². The molecule has 0 saturated carbocycles. The summed E-state index contributed by atoms with van der Waals surface area (Å²) in [5.41, 5.74) is 2.72. The number of ether oxygens (including phenoxy) is 1. The van der Waals surface area contributed by atoms with Crippen molar-refractivity contribution in [1.82, 2.24) is 10.3 Å². The fraction of sp³-hybridized carbons (Fsp3) is 0.500. The van der Waals surface area contributed by atoms with Crippen molar-refractivity contribution < 1.29 is 19.1 Å². The predicted octanol–water partition coefficient (Wildman–Crippen LogP) is 0.419. The van der Waals surface area contributed by atoms with Gasteiger partial charge in [0, 0.05) is 6.54 Å². The molecule has 0 spiro atoms. The van der Waals surface area contributed by atoms with Crippen molar-refractivity contribution in [3.63, 3.8) is 0 Å². The van der Waals surface area contributed by atoms with Gasteiger partial charge in [0.1, 0.15) is 5.75 Å². The summed E-state index contributed by atoms with van der Waals surface area (Å²) in [6.45, 7) is 3.57. The number of piperidine rings is 1. The predicted molar refractivity (Wildman–Crippen MR) is 95.1 cm³/mol. The normalized spacial score (nSPS) is 24.0. The number of nitrogens with zero attached hydrogens (tertiary/aromatic N) is 2. The highest BCUT2D eigenvalue weighted by molar-refractivity contribution is 6.22. The van der Waals surface area contributed by atoms with Crippen LogP contribution < -0.4 is 20.9 Å². The molecule has 2 fully saturated rings. The molecule has 0 bridgehead atoms. The SMILES string of the molecule is CCOc1ccc(N2C(=O)CC(N3CCCC(C(=O)NN)C3)C2=O)cc1. The summed E-state index contributed by atoms with van der Waals surface area (Å²) < 4.78 is 5.39. The monoisotopic (exact) mass is 360 g/mol. The van der Waals surface area contributed by atoms with Crippen LogP contribution in [0.25, 0.3) is 0 Å². The number of imide groups is 1. The van der Waals surface area contributed by atoms with Gasteiger partial charge in [0.2, 0.25) is 11.8 Å². The zero-order valence-electron chi connectivity index (χ0n) is 14.8. The lowest BCUT2D eigenvalue weighted by molar-refractivity contribution is -0.129. The molecule has 8 nitrogen and oxygen atoms in total. The number of carbonyl (C=O) groups is 3. The highest BCUT2D eigenvalue weighted by Gasteiger charge is 2.44. The summed E-state index contributed by atoms with van der Waals surface area (Å²) in [7, 11) is 0. The topological polar surface area (TPSA) is 105 Å². The first-order chi connectivity index (χ1) is 12.5. The molecule has 140 valence electrons. The first-order valence-corrected chi connectivity index (χ1v) is 8.89. The second-order valence-electron chi connectivity index (χ2n) is 6.56. The van der Waals surface area contributed by atoms with Crippen LogP contribution in [0.4, 0.5) is 5.69 Å². The summed E-state index contributed by atoms with van der Waals surface area (Å²) in [6, 6.07) is 6.39. The second kappa shape index (κ2) is 7.84. The average molecular weight is 360 g/mol. The van der Waals surface area contributed by atoms with Crippen molar-refractivity contribution in [2.45, 2.75) is 32.2 Å². The van der Waals surface area contributed by atoms with Gasteiger partial charge >= 0.3 is 0 Å². The number of benzene rings is 1. The fourth-order valence-corrected chi connectivity index (χ4v) is 3.65. The Labute approximate surface area is 152 Å². The number of hydrogen-bond acceptors (Lipinski definition) is 6. The van der Waals surface area contributed by atoms with E-state index >= 15 is 0 Å². The lowest BCUT2D eigenvalue weighted by Gasteiger charge is -2.34. The Morgan fingerprint density at radius 1 is 1.31 bits per heavy atom. The standard InChI is InChI=1S/C18H24N4O4/c1-2-26-14-7-5-13(6-8-14)22-16(23)10-15(18(22)25)21-9-3-4-12(11-21)17(24)20-19/h5-8,12,15H,2-4,9-11,19H2,1H3,(H,20,24). The number of anilines is 1. The first kappa shape index (κ1) is 18.3.